The molecule has 1 N–H and O–H groups in total. The van der Waals surface area contributed by atoms with Gasteiger partial charge in [-0.2, -0.15) is 0 Å². The molecule has 42 heavy (non-hydrogen) atoms. The average molecular weight is 634 g/mol. The van der Waals surface area contributed by atoms with Crippen molar-refractivity contribution >= 4 is 58.3 Å². The van der Waals surface area contributed by atoms with Gasteiger partial charge in [0.15, 0.2) is 0 Å². The molecule has 10 heteroatoms. The summed E-state index contributed by atoms with van der Waals surface area (Å²) >= 11 is 15.3. The highest BCUT2D eigenvalue weighted by Crippen LogP contribution is 2.41. The van der Waals surface area contributed by atoms with Crippen molar-refractivity contribution in [2.75, 3.05) is 41.1 Å². The number of alkyl carbamates (subject to hydrolysis) is 1. The van der Waals surface area contributed by atoms with Gasteiger partial charge in [-0.1, -0.05) is 41.8 Å². The summed E-state index contributed by atoms with van der Waals surface area (Å²) in [5.74, 6) is 1.73. The number of thioether (sulfide) groups is 1. The van der Waals surface area contributed by atoms with E-state index in [1.54, 1.807) is 11.8 Å². The van der Waals surface area contributed by atoms with E-state index in [0.717, 1.165) is 67.2 Å². The number of halogens is 2. The number of nitrogens with zero attached hydrogens (tertiary/aromatic N) is 3. The number of unbranched alkanes of at least 4 members (excludes halogenated alkanes) is 2. The van der Waals surface area contributed by atoms with Crippen molar-refractivity contribution in [1.29, 1.82) is 0 Å². The van der Waals surface area contributed by atoms with Crippen LogP contribution in [0.15, 0.2) is 36.4 Å². The molecule has 228 valence electrons. The van der Waals surface area contributed by atoms with Crippen LogP contribution in [0.2, 0.25) is 10.0 Å². The number of hydrogen-bond acceptors (Lipinski definition) is 6. The number of carbonyl (C=O) groups is 2. The van der Waals surface area contributed by atoms with Crippen LogP contribution in [-0.4, -0.2) is 65.8 Å². The van der Waals surface area contributed by atoms with Crippen LogP contribution in [0.5, 0.6) is 0 Å². The zero-order chi connectivity index (χ0) is 29.9. The Morgan fingerprint density at radius 1 is 1.00 bits per heavy atom. The van der Waals surface area contributed by atoms with E-state index in [9.17, 15) is 9.59 Å². The van der Waals surface area contributed by atoms with Crippen LogP contribution in [-0.2, 0) is 22.5 Å². The minimum atomic E-state index is -0.492. The van der Waals surface area contributed by atoms with E-state index in [4.69, 9.17) is 27.9 Å². The number of nitrogens with one attached hydrogen (secondary N) is 1. The third-order valence-corrected chi connectivity index (χ3v) is 9.71. The van der Waals surface area contributed by atoms with Crippen molar-refractivity contribution in [3.63, 3.8) is 0 Å². The van der Waals surface area contributed by atoms with Gasteiger partial charge in [-0.15, -0.1) is 11.8 Å². The largest absolute Gasteiger partial charge is 0.444 e. The van der Waals surface area contributed by atoms with Crippen LogP contribution < -0.4 is 15.1 Å². The molecule has 2 aliphatic heterocycles. The fourth-order valence-corrected chi connectivity index (χ4v) is 7.42. The maximum atomic E-state index is 13.9. The molecule has 2 aromatic rings. The Hall–Kier alpha value is -2.13. The molecule has 0 unspecified atom stereocenters. The Balaban J connectivity index is 1.14. The van der Waals surface area contributed by atoms with Gasteiger partial charge in [0.25, 0.3) is 0 Å². The predicted octanol–water partition coefficient (Wildman–Crippen LogP) is 7.12. The van der Waals surface area contributed by atoms with E-state index >= 15 is 0 Å². The molecule has 2 amide bonds. The summed E-state index contributed by atoms with van der Waals surface area (Å²) in [4.78, 5) is 32.4. The van der Waals surface area contributed by atoms with Crippen molar-refractivity contribution in [2.45, 2.75) is 83.5 Å². The molecule has 1 atom stereocenters. The molecule has 0 radical (unpaired) electrons. The number of anilines is 2. The Bertz CT molecular complexity index is 1280. The fourth-order valence-electron chi connectivity index (χ4n) is 5.70. The van der Waals surface area contributed by atoms with Gasteiger partial charge in [0, 0.05) is 53.9 Å². The Morgan fingerprint density at radius 2 is 1.71 bits per heavy atom. The third-order valence-electron chi connectivity index (χ3n) is 7.94. The second-order valence-corrected chi connectivity index (χ2v) is 14.3. The second kappa shape index (κ2) is 13.7. The van der Waals surface area contributed by atoms with Gasteiger partial charge in [-0.05, 0) is 88.3 Å². The van der Waals surface area contributed by atoms with Gasteiger partial charge in [-0.25, -0.2) is 4.79 Å². The summed E-state index contributed by atoms with van der Waals surface area (Å²) in [6.45, 7) is 8.33. The number of ether oxygens (including phenoxy) is 1. The Morgan fingerprint density at radius 3 is 2.45 bits per heavy atom. The number of rotatable bonds is 10. The lowest BCUT2D eigenvalue weighted by Gasteiger charge is -2.39. The van der Waals surface area contributed by atoms with Crippen LogP contribution >= 0.6 is 35.0 Å². The third kappa shape index (κ3) is 7.87. The van der Waals surface area contributed by atoms with Gasteiger partial charge in [0.05, 0.1) is 17.4 Å². The smallest absolute Gasteiger partial charge is 0.407 e. The van der Waals surface area contributed by atoms with E-state index < -0.39 is 5.60 Å². The van der Waals surface area contributed by atoms with Crippen molar-refractivity contribution in [3.05, 3.63) is 57.6 Å². The number of aryl methyl sites for hydroxylation is 1. The lowest BCUT2D eigenvalue weighted by molar-refractivity contribution is -0.122. The second-order valence-electron chi connectivity index (χ2n) is 12.4. The van der Waals surface area contributed by atoms with Crippen molar-refractivity contribution in [2.24, 2.45) is 0 Å². The van der Waals surface area contributed by atoms with E-state index in [0.29, 0.717) is 29.2 Å². The highest BCUT2D eigenvalue weighted by atomic mass is 35.5. The zero-order valence-corrected chi connectivity index (χ0v) is 27.2. The van der Waals surface area contributed by atoms with E-state index in [1.807, 2.05) is 43.9 Å². The normalized spacial score (nSPS) is 19.1. The number of carbonyl (C=O) groups excluding carboxylic acids is 2. The molecule has 0 spiro atoms. The van der Waals surface area contributed by atoms with Crippen LogP contribution in [0.25, 0.3) is 0 Å². The maximum Gasteiger partial charge on any atom is 0.407 e. The molecule has 2 heterocycles. The quantitative estimate of drug-likeness (QED) is 0.281. The maximum absolute atomic E-state index is 13.9. The monoisotopic (exact) mass is 632 g/mol. The first-order chi connectivity index (χ1) is 20.1. The molecule has 3 aliphatic rings. The van der Waals surface area contributed by atoms with E-state index in [2.05, 4.69) is 33.3 Å². The molecule has 1 aliphatic carbocycles. The lowest BCUT2D eigenvalue weighted by Crippen LogP contribution is -2.52. The van der Waals surface area contributed by atoms with Crippen molar-refractivity contribution in [3.8, 4) is 0 Å². The molecule has 2 aromatic carbocycles. The number of hydrogen-bond donors (Lipinski definition) is 1. The fraction of sp³-hybridized carbons (Fsp3) is 0.562. The van der Waals surface area contributed by atoms with Crippen LogP contribution in [0, 0.1) is 0 Å². The van der Waals surface area contributed by atoms with Gasteiger partial charge in [0.1, 0.15) is 5.60 Å². The van der Waals surface area contributed by atoms with Crippen molar-refractivity contribution in [1.82, 2.24) is 10.2 Å². The van der Waals surface area contributed by atoms with Crippen LogP contribution in [0.4, 0.5) is 16.2 Å². The molecule has 1 saturated carbocycles. The molecule has 0 aromatic heterocycles. The van der Waals surface area contributed by atoms with Crippen molar-refractivity contribution < 1.29 is 14.3 Å². The van der Waals surface area contributed by atoms with Gasteiger partial charge < -0.3 is 19.9 Å². The minimum Gasteiger partial charge on any atom is -0.444 e. The van der Waals surface area contributed by atoms with E-state index in [-0.39, 0.29) is 18.0 Å². The molecular weight excluding hydrogens is 591 g/mol. The number of amides is 2. The molecule has 1 saturated heterocycles. The highest BCUT2D eigenvalue weighted by Gasteiger charge is 2.40. The Kier molecular flexibility index (Phi) is 10.2. The molecule has 7 nitrogen and oxygen atoms in total. The van der Waals surface area contributed by atoms with E-state index in [1.165, 1.54) is 18.5 Å². The number of benzene rings is 2. The first-order valence-electron chi connectivity index (χ1n) is 15.0. The number of fused-ring (bicyclic) bond motifs is 1. The summed E-state index contributed by atoms with van der Waals surface area (Å²) in [6.07, 6.45) is 5.69. The Labute approximate surface area is 264 Å². The lowest BCUT2D eigenvalue weighted by atomic mass is 10.0. The molecule has 0 bridgehead atoms. The summed E-state index contributed by atoms with van der Waals surface area (Å²) in [5.41, 5.74) is 3.70. The number of para-hydroxylation sites is 2. The zero-order valence-electron chi connectivity index (χ0n) is 24.8. The summed E-state index contributed by atoms with van der Waals surface area (Å²) in [7, 11) is 0. The first-order valence-corrected chi connectivity index (χ1v) is 16.9. The average Bonchev–Trinajstić information content (AvgIpc) is 3.68. The topological polar surface area (TPSA) is 65.1 Å². The molecule has 2 fully saturated rings. The minimum absolute atomic E-state index is 0.169. The molecule has 5 rings (SSSR count). The van der Waals surface area contributed by atoms with Crippen LogP contribution in [0.3, 0.4) is 0 Å². The van der Waals surface area contributed by atoms with Gasteiger partial charge in [-0.3, -0.25) is 9.69 Å². The van der Waals surface area contributed by atoms with Crippen LogP contribution in [0.1, 0.15) is 64.0 Å². The summed E-state index contributed by atoms with van der Waals surface area (Å²) in [6, 6.07) is 12.7. The summed E-state index contributed by atoms with van der Waals surface area (Å²) < 4.78 is 5.27. The SMILES string of the molecule is CC(C)(C)OC(=O)NCCCCCc1cc(Cl)c(CN2CSC[C@H]2C(=O)N2CCN(C3CC3)c3ccccc32)cc1Cl. The summed E-state index contributed by atoms with van der Waals surface area (Å²) in [5, 5.41) is 4.20. The highest BCUT2D eigenvalue weighted by molar-refractivity contribution is 7.99. The van der Waals surface area contributed by atoms with Gasteiger partial charge in [0.2, 0.25) is 5.91 Å². The standard InChI is InChI=1S/C32H42Cl2N4O3S/c1-32(2,3)41-31(40)35-14-8-4-5-9-22-17-26(34)23(18-25(22)33)19-36-21-42-20-29(36)30(39)38-16-15-37(24-12-13-24)27-10-6-7-11-28(27)38/h6-7,10-11,17-18,24,29H,4-5,8-9,12-16,19-21H2,1-3H3,(H,35,40)/t29-/m0/s1. The predicted molar refractivity (Wildman–Crippen MR) is 174 cm³/mol. The van der Waals surface area contributed by atoms with Gasteiger partial charge >= 0.3 is 6.09 Å². The first kappa shape index (κ1) is 31.3. The molecular formula is C32H42Cl2N4O3S.